The number of nitrogens with two attached hydrogens (primary N) is 1. The quantitative estimate of drug-likeness (QED) is 0.265. The van der Waals surface area contributed by atoms with Gasteiger partial charge in [0.2, 0.25) is 0 Å². The number of nitrogens with one attached hydrogen (secondary N) is 3. The third-order valence-electron chi connectivity index (χ3n) is 5.27. The number of carboxylic acid groups (broad SMARTS) is 1. The van der Waals surface area contributed by atoms with Crippen molar-refractivity contribution in [3.8, 4) is 17.0 Å². The number of benzene rings is 2. The van der Waals surface area contributed by atoms with Gasteiger partial charge in [0.1, 0.15) is 11.4 Å². The van der Waals surface area contributed by atoms with Crippen LogP contribution in [0.15, 0.2) is 46.1 Å². The van der Waals surface area contributed by atoms with Crippen molar-refractivity contribution in [3.05, 3.63) is 57.4 Å². The van der Waals surface area contributed by atoms with Crippen LogP contribution in [0.3, 0.4) is 0 Å². The molecule has 11 heteroatoms. The molecule has 3 heterocycles. The lowest BCUT2D eigenvalue weighted by Gasteiger charge is -2.05. The summed E-state index contributed by atoms with van der Waals surface area (Å²) in [5.41, 5.74) is 9.45. The van der Waals surface area contributed by atoms with Crippen molar-refractivity contribution in [2.75, 3.05) is 13.7 Å². The molecular formula is C23H24N6O5. The summed E-state index contributed by atoms with van der Waals surface area (Å²) in [7, 11) is 1.61. The van der Waals surface area contributed by atoms with Gasteiger partial charge in [-0.2, -0.15) is 0 Å². The van der Waals surface area contributed by atoms with Gasteiger partial charge < -0.3 is 35.1 Å². The van der Waals surface area contributed by atoms with Gasteiger partial charge in [0.25, 0.3) is 11.5 Å². The Kier molecular flexibility index (Phi) is 6.19. The number of H-pyrrole nitrogens is 3. The highest BCUT2D eigenvalue weighted by molar-refractivity contribution is 5.97. The van der Waals surface area contributed by atoms with E-state index < -0.39 is 5.97 Å². The fourth-order valence-corrected chi connectivity index (χ4v) is 3.84. The van der Waals surface area contributed by atoms with E-state index in [-0.39, 0.29) is 11.2 Å². The Hall–Kier alpha value is -4.38. The smallest absolute Gasteiger partial charge is 0.323 e. The summed E-state index contributed by atoms with van der Waals surface area (Å²) in [5, 5.41) is 8.29. The maximum Gasteiger partial charge on any atom is 0.323 e. The first-order valence-electron chi connectivity index (χ1n) is 10.5. The normalized spacial score (nSPS) is 11.0. The van der Waals surface area contributed by atoms with Gasteiger partial charge in [-0.15, -0.1) is 0 Å². The molecule has 6 N–H and O–H groups in total. The Morgan fingerprint density at radius 1 is 1.12 bits per heavy atom. The van der Waals surface area contributed by atoms with Gasteiger partial charge in [0.15, 0.2) is 0 Å². The zero-order chi connectivity index (χ0) is 24.4. The highest BCUT2D eigenvalue weighted by Gasteiger charge is 2.17. The molecule has 2 aromatic carbocycles. The molecule has 0 bridgehead atoms. The Balaban J connectivity index is 0.000000636. The minimum absolute atomic E-state index is 0.305. The van der Waals surface area contributed by atoms with Crippen LogP contribution >= 0.6 is 0 Å². The molecule has 34 heavy (non-hydrogen) atoms. The van der Waals surface area contributed by atoms with Crippen molar-refractivity contribution < 1.29 is 14.6 Å². The molecular weight excluding hydrogens is 440 g/mol. The summed E-state index contributed by atoms with van der Waals surface area (Å²) >= 11 is 0. The SMILES string of the molecule is CC(=O)O.COc1ccc2c(c1)c(-c1nc3cc4[nH]c(=O)[nH]c4cc3[nH]c1=O)cn2CCCN. The summed E-state index contributed by atoms with van der Waals surface area (Å²) in [6, 6.07) is 9.21. The molecule has 0 saturated carbocycles. The van der Waals surface area contributed by atoms with E-state index in [9.17, 15) is 9.59 Å². The molecule has 0 saturated heterocycles. The first-order chi connectivity index (χ1) is 16.3. The van der Waals surface area contributed by atoms with Crippen LogP contribution in [0.1, 0.15) is 13.3 Å². The van der Waals surface area contributed by atoms with Crippen LogP contribution in [0.25, 0.3) is 44.2 Å². The first-order valence-corrected chi connectivity index (χ1v) is 10.5. The summed E-state index contributed by atoms with van der Waals surface area (Å²) in [4.78, 5) is 46.5. The molecule has 5 aromatic rings. The van der Waals surface area contributed by atoms with Crippen LogP contribution in [-0.2, 0) is 11.3 Å². The van der Waals surface area contributed by atoms with Crippen molar-refractivity contribution in [1.82, 2.24) is 24.5 Å². The number of methoxy groups -OCH3 is 1. The van der Waals surface area contributed by atoms with Crippen LogP contribution < -0.4 is 21.7 Å². The van der Waals surface area contributed by atoms with E-state index in [1.807, 2.05) is 24.4 Å². The van der Waals surface area contributed by atoms with Gasteiger partial charge in [-0.05, 0) is 43.3 Å². The average Bonchev–Trinajstić information content (AvgIpc) is 3.33. The van der Waals surface area contributed by atoms with Crippen molar-refractivity contribution in [2.45, 2.75) is 19.9 Å². The number of carboxylic acids is 1. The molecule has 5 rings (SSSR count). The van der Waals surface area contributed by atoms with Crippen molar-refractivity contribution in [3.63, 3.8) is 0 Å². The van der Waals surface area contributed by atoms with E-state index in [4.69, 9.17) is 20.4 Å². The zero-order valence-electron chi connectivity index (χ0n) is 18.6. The van der Waals surface area contributed by atoms with Crippen molar-refractivity contribution in [2.24, 2.45) is 5.73 Å². The molecule has 3 aromatic heterocycles. The molecule has 0 spiro atoms. The molecule has 0 unspecified atom stereocenters. The lowest BCUT2D eigenvalue weighted by Crippen LogP contribution is -2.11. The van der Waals surface area contributed by atoms with Crippen LogP contribution in [0.2, 0.25) is 0 Å². The number of rotatable bonds is 5. The van der Waals surface area contributed by atoms with E-state index in [2.05, 4.69) is 24.5 Å². The number of ether oxygens (including phenoxy) is 1. The summed E-state index contributed by atoms with van der Waals surface area (Å²) in [6.45, 7) is 2.39. The number of aromatic amines is 3. The number of nitrogens with zero attached hydrogens (tertiary/aromatic N) is 2. The number of aromatic nitrogens is 5. The van der Waals surface area contributed by atoms with Gasteiger partial charge in [0.05, 0.1) is 29.2 Å². The van der Waals surface area contributed by atoms with E-state index in [1.54, 1.807) is 19.2 Å². The second kappa shape index (κ2) is 9.24. The van der Waals surface area contributed by atoms with E-state index in [0.717, 1.165) is 30.8 Å². The number of carbonyl (C=O) groups is 1. The zero-order valence-corrected chi connectivity index (χ0v) is 18.6. The molecule has 0 amide bonds. The van der Waals surface area contributed by atoms with E-state index in [0.29, 0.717) is 45.6 Å². The third-order valence-corrected chi connectivity index (χ3v) is 5.27. The van der Waals surface area contributed by atoms with Gasteiger partial charge in [-0.25, -0.2) is 9.78 Å². The minimum atomic E-state index is -0.833. The van der Waals surface area contributed by atoms with Gasteiger partial charge in [-0.3, -0.25) is 9.59 Å². The van der Waals surface area contributed by atoms with Crippen LogP contribution in [0.5, 0.6) is 5.75 Å². The Morgan fingerprint density at radius 3 is 2.50 bits per heavy atom. The second-order valence-electron chi connectivity index (χ2n) is 7.69. The second-order valence-corrected chi connectivity index (χ2v) is 7.69. The maximum absolute atomic E-state index is 12.9. The molecule has 0 radical (unpaired) electrons. The number of fused-ring (bicyclic) bond motifs is 3. The lowest BCUT2D eigenvalue weighted by molar-refractivity contribution is -0.134. The maximum atomic E-state index is 12.9. The topological polar surface area (TPSA) is 172 Å². The predicted octanol–water partition coefficient (Wildman–Crippen LogP) is 2.16. The van der Waals surface area contributed by atoms with E-state index >= 15 is 0 Å². The predicted molar refractivity (Wildman–Crippen MR) is 129 cm³/mol. The number of hydrogen-bond acceptors (Lipinski definition) is 6. The molecule has 0 aliphatic heterocycles. The molecule has 0 atom stereocenters. The molecule has 11 nitrogen and oxygen atoms in total. The highest BCUT2D eigenvalue weighted by Crippen LogP contribution is 2.32. The Morgan fingerprint density at radius 2 is 1.82 bits per heavy atom. The molecule has 0 fully saturated rings. The number of aryl methyl sites for hydroxylation is 1. The van der Waals surface area contributed by atoms with Crippen LogP contribution in [-0.4, -0.2) is 49.2 Å². The summed E-state index contributed by atoms with van der Waals surface area (Å²) in [5.74, 6) is -0.135. The fourth-order valence-electron chi connectivity index (χ4n) is 3.84. The number of hydrogen-bond donors (Lipinski definition) is 5. The highest BCUT2D eigenvalue weighted by atomic mass is 16.5. The number of aliphatic carboxylic acids is 1. The molecule has 0 aliphatic rings. The largest absolute Gasteiger partial charge is 0.497 e. The molecule has 0 aliphatic carbocycles. The third kappa shape index (κ3) is 4.41. The van der Waals surface area contributed by atoms with Gasteiger partial charge >= 0.3 is 5.69 Å². The average molecular weight is 464 g/mol. The van der Waals surface area contributed by atoms with Gasteiger partial charge in [-0.1, -0.05) is 0 Å². The van der Waals surface area contributed by atoms with Crippen LogP contribution in [0, 0.1) is 0 Å². The number of imidazole rings is 1. The standard InChI is InChI=1S/C21H20N6O3.C2H4O2/c1-30-11-3-4-18-12(7-11)13(10-27(18)6-2-5-22)19-20(28)24-15-9-17-16(8-14(15)23-19)25-21(29)26-17;1-2(3)4/h3-4,7-10H,2,5-6,22H2,1H3,(H,24,28)(H2,25,26,29);1H3,(H,3,4). The molecule has 176 valence electrons. The summed E-state index contributed by atoms with van der Waals surface area (Å²) < 4.78 is 7.46. The monoisotopic (exact) mass is 464 g/mol. The van der Waals surface area contributed by atoms with E-state index in [1.165, 1.54) is 0 Å². The van der Waals surface area contributed by atoms with Crippen molar-refractivity contribution >= 4 is 38.9 Å². The fraction of sp³-hybridized carbons (Fsp3) is 0.217. The van der Waals surface area contributed by atoms with Crippen molar-refractivity contribution in [1.29, 1.82) is 0 Å². The lowest BCUT2D eigenvalue weighted by atomic mass is 10.1. The van der Waals surface area contributed by atoms with Crippen LogP contribution in [0.4, 0.5) is 0 Å². The summed E-state index contributed by atoms with van der Waals surface area (Å²) in [6.07, 6.45) is 2.75. The Bertz CT molecular complexity index is 1620. The van der Waals surface area contributed by atoms with Gasteiger partial charge in [0, 0.05) is 36.1 Å². The minimum Gasteiger partial charge on any atom is -0.497 e. The first kappa shape index (κ1) is 22.8. The Labute approximate surface area is 192 Å².